The predicted molar refractivity (Wildman–Crippen MR) is 138 cm³/mol. The van der Waals surface area contributed by atoms with Crippen molar-refractivity contribution in [3.05, 3.63) is 42.0 Å². The summed E-state index contributed by atoms with van der Waals surface area (Å²) in [6, 6.07) is 3.57. The Kier molecular flexibility index (Phi) is 8.31. The second-order valence-corrected chi connectivity index (χ2v) is 9.02. The highest BCUT2D eigenvalue weighted by atomic mass is 16.3. The number of terminal acetylenes is 1. The van der Waals surface area contributed by atoms with E-state index in [1.807, 2.05) is 26.1 Å². The molecule has 4 aromatic rings. The van der Waals surface area contributed by atoms with Crippen LogP contribution in [-0.4, -0.2) is 53.0 Å². The number of hydrogen-bond donors (Lipinski definition) is 1. The second kappa shape index (κ2) is 11.4. The van der Waals surface area contributed by atoms with Gasteiger partial charge in [0, 0.05) is 24.8 Å². The van der Waals surface area contributed by atoms with Gasteiger partial charge in [0.25, 0.3) is 0 Å². The first-order valence-electron chi connectivity index (χ1n) is 11.6. The third kappa shape index (κ3) is 6.09. The molecule has 0 aliphatic carbocycles. The number of imidazole rings is 1. The summed E-state index contributed by atoms with van der Waals surface area (Å²) < 4.78 is 1.75. The summed E-state index contributed by atoms with van der Waals surface area (Å²) in [6.07, 6.45) is 15.4. The van der Waals surface area contributed by atoms with Gasteiger partial charge in [0.1, 0.15) is 17.1 Å². The number of hydrogen-bond acceptors (Lipinski definition) is 8. The molecule has 35 heavy (non-hydrogen) atoms. The van der Waals surface area contributed by atoms with Crippen LogP contribution in [0, 0.1) is 32.6 Å². The van der Waals surface area contributed by atoms with Crippen LogP contribution >= 0.6 is 0 Å². The van der Waals surface area contributed by atoms with Crippen LogP contribution in [0.4, 0.5) is 5.95 Å². The molecule has 1 saturated heterocycles. The summed E-state index contributed by atoms with van der Waals surface area (Å²) in [4.78, 5) is 15.4. The lowest BCUT2D eigenvalue weighted by Crippen LogP contribution is -2.20. The van der Waals surface area contributed by atoms with Gasteiger partial charge in [-0.1, -0.05) is 20.8 Å². The van der Waals surface area contributed by atoms with Gasteiger partial charge in [-0.3, -0.25) is 0 Å². The largest absolute Gasteiger partial charge is 0.506 e. The topological polar surface area (TPSA) is 105 Å². The van der Waals surface area contributed by atoms with Crippen LogP contribution in [0.5, 0.6) is 5.75 Å². The lowest BCUT2D eigenvalue weighted by atomic mass is 10.1. The predicted octanol–water partition coefficient (Wildman–Crippen LogP) is 4.48. The lowest BCUT2D eigenvalue weighted by Gasteiger charge is -2.13. The van der Waals surface area contributed by atoms with Gasteiger partial charge in [0.05, 0.1) is 23.8 Å². The molecule has 0 radical (unpaired) electrons. The minimum absolute atomic E-state index is 0.00823. The normalized spacial score (nSPS) is 12.7. The van der Waals surface area contributed by atoms with E-state index >= 15 is 0 Å². The average molecular weight is 473 g/mol. The fraction of sp³-hybridized carbons (Fsp3) is 0.385. The zero-order valence-corrected chi connectivity index (χ0v) is 21.0. The molecule has 0 unspecified atom stereocenters. The van der Waals surface area contributed by atoms with Crippen LogP contribution in [0.25, 0.3) is 28.3 Å². The first kappa shape index (κ1) is 25.6. The van der Waals surface area contributed by atoms with Crippen molar-refractivity contribution in [3.63, 3.8) is 0 Å². The lowest BCUT2D eigenvalue weighted by molar-refractivity contribution is 0.475. The molecule has 0 spiro atoms. The van der Waals surface area contributed by atoms with Crippen LogP contribution in [-0.2, 0) is 0 Å². The minimum atomic E-state index is 0.00823. The zero-order chi connectivity index (χ0) is 25.5. The average Bonchev–Trinajstić information content (AvgIpc) is 3.50. The molecule has 1 fully saturated rings. The van der Waals surface area contributed by atoms with E-state index in [9.17, 15) is 5.11 Å². The molecule has 5 heterocycles. The Labute approximate surface area is 206 Å². The molecule has 0 bridgehead atoms. The summed E-state index contributed by atoms with van der Waals surface area (Å²) in [5.41, 5.74) is 4.91. The van der Waals surface area contributed by atoms with E-state index in [2.05, 4.69) is 68.8 Å². The highest BCUT2D eigenvalue weighted by Crippen LogP contribution is 2.30. The number of fused-ring (bicyclic) bond motifs is 1. The fourth-order valence-electron chi connectivity index (χ4n) is 3.62. The Morgan fingerprint density at radius 1 is 0.943 bits per heavy atom. The Morgan fingerprint density at radius 2 is 1.63 bits per heavy atom. The Hall–Kier alpha value is -4.06. The van der Waals surface area contributed by atoms with Gasteiger partial charge >= 0.3 is 0 Å². The number of rotatable bonds is 3. The van der Waals surface area contributed by atoms with Crippen molar-refractivity contribution in [1.29, 1.82) is 0 Å². The maximum Gasteiger partial charge on any atom is 0.245 e. The maximum absolute atomic E-state index is 10.6. The Bertz CT molecular complexity index is 1290. The van der Waals surface area contributed by atoms with Crippen molar-refractivity contribution in [3.8, 4) is 41.2 Å². The van der Waals surface area contributed by atoms with E-state index in [1.54, 1.807) is 23.0 Å². The van der Waals surface area contributed by atoms with Gasteiger partial charge in [-0.05, 0) is 50.3 Å². The number of pyridine rings is 1. The van der Waals surface area contributed by atoms with Crippen LogP contribution in [0.1, 0.15) is 44.9 Å². The van der Waals surface area contributed by atoms with Gasteiger partial charge in [0.2, 0.25) is 5.95 Å². The highest BCUT2D eigenvalue weighted by molar-refractivity contribution is 5.69. The minimum Gasteiger partial charge on any atom is -0.506 e. The molecule has 182 valence electrons. The van der Waals surface area contributed by atoms with E-state index in [-0.39, 0.29) is 5.75 Å². The van der Waals surface area contributed by atoms with Gasteiger partial charge in [0.15, 0.2) is 5.65 Å². The maximum atomic E-state index is 10.6. The van der Waals surface area contributed by atoms with Crippen LogP contribution in [0.2, 0.25) is 0 Å². The highest BCUT2D eigenvalue weighted by Gasteiger charge is 2.17. The van der Waals surface area contributed by atoms with Crippen LogP contribution in [0.15, 0.2) is 30.7 Å². The molecule has 4 aromatic heterocycles. The molecule has 1 N–H and O–H groups in total. The SMILES string of the molecule is C#C.CC(C)C.Cc1cn2nc(-c3cnc(-c4cnc(N5CCCC5)nn4)c(O)c3)cc(C)c2n1. The van der Waals surface area contributed by atoms with Gasteiger partial charge in [-0.2, -0.15) is 5.10 Å². The zero-order valence-electron chi connectivity index (χ0n) is 21.0. The fourth-order valence-corrected chi connectivity index (χ4v) is 3.62. The van der Waals surface area contributed by atoms with Gasteiger partial charge in [-0.15, -0.1) is 23.0 Å². The van der Waals surface area contributed by atoms with Gasteiger partial charge in [-0.25, -0.2) is 19.5 Å². The van der Waals surface area contributed by atoms with E-state index < -0.39 is 0 Å². The monoisotopic (exact) mass is 472 g/mol. The summed E-state index contributed by atoms with van der Waals surface area (Å²) in [5.74, 6) is 1.46. The van der Waals surface area contributed by atoms with E-state index in [0.29, 0.717) is 28.6 Å². The Balaban J connectivity index is 0.000000521. The number of aryl methyl sites for hydroxylation is 2. The molecule has 0 atom stereocenters. The summed E-state index contributed by atoms with van der Waals surface area (Å²) in [7, 11) is 0. The molecule has 9 heteroatoms. The second-order valence-electron chi connectivity index (χ2n) is 9.02. The van der Waals surface area contributed by atoms with Crippen molar-refractivity contribution in [2.24, 2.45) is 5.92 Å². The molecule has 1 aliphatic heterocycles. The summed E-state index contributed by atoms with van der Waals surface area (Å²) in [5, 5.41) is 23.5. The van der Waals surface area contributed by atoms with E-state index in [1.165, 1.54) is 0 Å². The molecule has 1 aliphatic rings. The first-order chi connectivity index (χ1) is 16.8. The van der Waals surface area contributed by atoms with E-state index in [4.69, 9.17) is 0 Å². The number of anilines is 1. The first-order valence-corrected chi connectivity index (χ1v) is 11.6. The van der Waals surface area contributed by atoms with Crippen LogP contribution in [0.3, 0.4) is 0 Å². The van der Waals surface area contributed by atoms with Crippen molar-refractivity contribution in [1.82, 2.24) is 34.8 Å². The molecule has 0 aromatic carbocycles. The standard InChI is InChI=1S/C20H20N8O.C4H10.C2H2/c1-12-7-15(26-28-11-13(2)23-19(12)28)14-8-17(29)18(21-9-14)16-10-22-20(25-24-16)27-5-3-4-6-27;1-4(2)3;1-2/h7-11,29H,3-6H2,1-2H3;4H,1-3H3;1-2H. The van der Waals surface area contributed by atoms with Crippen molar-refractivity contribution < 1.29 is 5.11 Å². The third-order valence-corrected chi connectivity index (χ3v) is 5.07. The quantitative estimate of drug-likeness (QED) is 0.435. The summed E-state index contributed by atoms with van der Waals surface area (Å²) >= 11 is 0. The smallest absolute Gasteiger partial charge is 0.245 e. The van der Waals surface area contributed by atoms with Crippen molar-refractivity contribution in [2.75, 3.05) is 18.0 Å². The van der Waals surface area contributed by atoms with E-state index in [0.717, 1.165) is 48.8 Å². The van der Waals surface area contributed by atoms with Gasteiger partial charge < -0.3 is 10.0 Å². The molecule has 5 rings (SSSR count). The third-order valence-electron chi connectivity index (χ3n) is 5.07. The molecule has 0 saturated carbocycles. The molecule has 0 amide bonds. The van der Waals surface area contributed by atoms with Crippen molar-refractivity contribution in [2.45, 2.75) is 47.5 Å². The molecular formula is C26H32N8O. The van der Waals surface area contributed by atoms with Crippen LogP contribution < -0.4 is 4.90 Å². The number of aromatic nitrogens is 7. The molecular weight excluding hydrogens is 440 g/mol. The number of aromatic hydroxyl groups is 1. The number of nitrogens with zero attached hydrogens (tertiary/aromatic N) is 8. The summed E-state index contributed by atoms with van der Waals surface area (Å²) in [6.45, 7) is 12.3. The van der Waals surface area contributed by atoms with Crippen molar-refractivity contribution >= 4 is 11.6 Å². The molecule has 9 nitrogen and oxygen atoms in total. The Morgan fingerprint density at radius 3 is 2.23 bits per heavy atom.